The molecule has 4 heteroatoms. The van der Waals surface area contributed by atoms with Crippen molar-refractivity contribution in [1.82, 2.24) is 4.57 Å². The molecule has 0 spiro atoms. The number of nitrogens with zero attached hydrogens (tertiary/aromatic N) is 2. The van der Waals surface area contributed by atoms with Crippen LogP contribution in [0.1, 0.15) is 0 Å². The third-order valence-corrected chi connectivity index (χ3v) is 3.17. The zero-order valence-corrected chi connectivity index (χ0v) is 9.05. The lowest BCUT2D eigenvalue weighted by Crippen LogP contribution is -2.42. The van der Waals surface area contributed by atoms with Crippen molar-refractivity contribution >= 4 is 22.5 Å². The number of aromatic nitrogens is 1. The number of hydrogen-bond donors (Lipinski definition) is 1. The summed E-state index contributed by atoms with van der Waals surface area (Å²) in [5, 5.41) is 1.14. The van der Waals surface area contributed by atoms with Gasteiger partial charge in [-0.1, -0.05) is 12.1 Å². The fourth-order valence-corrected chi connectivity index (χ4v) is 2.32. The number of likely N-dealkylation sites (N-methyl/N-ethyl adjacent to an activating group) is 1. The molecule has 1 aliphatic rings. The molecule has 1 aromatic heterocycles. The van der Waals surface area contributed by atoms with Crippen LogP contribution in [0.15, 0.2) is 30.5 Å². The van der Waals surface area contributed by atoms with Gasteiger partial charge in [0.05, 0.1) is 11.2 Å². The fourth-order valence-electron chi connectivity index (χ4n) is 2.32. The summed E-state index contributed by atoms with van der Waals surface area (Å²) in [6.07, 6.45) is 1.99. The first-order chi connectivity index (χ1) is 7.68. The molecule has 2 heterocycles. The lowest BCUT2D eigenvalue weighted by Gasteiger charge is -2.18. The van der Waals surface area contributed by atoms with Gasteiger partial charge in [0.1, 0.15) is 6.04 Å². The Morgan fingerprint density at radius 1 is 1.38 bits per heavy atom. The van der Waals surface area contributed by atoms with Gasteiger partial charge in [0.25, 0.3) is 0 Å². The monoisotopic (exact) mass is 215 g/mol. The van der Waals surface area contributed by atoms with Crippen LogP contribution >= 0.6 is 0 Å². The Morgan fingerprint density at radius 3 is 3.00 bits per heavy atom. The topological polar surface area (TPSA) is 51.3 Å². The Hall–Kier alpha value is -1.81. The molecule has 2 N–H and O–H groups in total. The molecule has 16 heavy (non-hydrogen) atoms. The molecule has 82 valence electrons. The molecule has 1 amide bonds. The van der Waals surface area contributed by atoms with Crippen molar-refractivity contribution in [3.05, 3.63) is 30.5 Å². The molecule has 0 saturated heterocycles. The van der Waals surface area contributed by atoms with Crippen LogP contribution in [0.4, 0.5) is 5.69 Å². The molecular formula is C12H13N3O. The number of carbonyl (C=O) groups is 1. The summed E-state index contributed by atoms with van der Waals surface area (Å²) < 4.78 is 2.05. The minimum absolute atomic E-state index is 0.0313. The van der Waals surface area contributed by atoms with Gasteiger partial charge in [-0.2, -0.15) is 0 Å². The molecule has 0 radical (unpaired) electrons. The Labute approximate surface area is 93.2 Å². The standard InChI is InChI=1S/C12H13N3O/c1-14-10-4-2-3-8-5-6-15(11(8)10)7-9(13)12(14)16/h2-6,9H,7,13H2,1H3. The van der Waals surface area contributed by atoms with E-state index >= 15 is 0 Å². The third-order valence-electron chi connectivity index (χ3n) is 3.17. The Morgan fingerprint density at radius 2 is 2.19 bits per heavy atom. The number of amides is 1. The highest BCUT2D eigenvalue weighted by atomic mass is 16.2. The number of benzene rings is 1. The van der Waals surface area contributed by atoms with E-state index in [1.165, 1.54) is 0 Å². The smallest absolute Gasteiger partial charge is 0.245 e. The first-order valence-corrected chi connectivity index (χ1v) is 5.29. The lowest BCUT2D eigenvalue weighted by atomic mass is 10.2. The highest BCUT2D eigenvalue weighted by molar-refractivity contribution is 6.05. The van der Waals surface area contributed by atoms with Gasteiger partial charge in [0, 0.05) is 25.2 Å². The van der Waals surface area contributed by atoms with E-state index in [0.29, 0.717) is 6.54 Å². The van der Waals surface area contributed by atoms with Crippen molar-refractivity contribution < 1.29 is 4.79 Å². The molecule has 0 aliphatic carbocycles. The van der Waals surface area contributed by atoms with Crippen molar-refractivity contribution in [2.24, 2.45) is 5.73 Å². The summed E-state index contributed by atoms with van der Waals surface area (Å²) in [6, 6.07) is 7.55. The summed E-state index contributed by atoms with van der Waals surface area (Å²) in [6.45, 7) is 0.545. The van der Waals surface area contributed by atoms with E-state index in [1.54, 1.807) is 11.9 Å². The van der Waals surface area contributed by atoms with Crippen molar-refractivity contribution in [3.8, 4) is 0 Å². The third kappa shape index (κ3) is 1.10. The number of nitrogens with two attached hydrogens (primary N) is 1. The van der Waals surface area contributed by atoms with E-state index < -0.39 is 6.04 Å². The van der Waals surface area contributed by atoms with Crippen molar-refractivity contribution in [1.29, 1.82) is 0 Å². The van der Waals surface area contributed by atoms with Gasteiger partial charge in [-0.15, -0.1) is 0 Å². The second-order valence-electron chi connectivity index (χ2n) is 4.19. The Bertz CT molecular complexity index is 573. The highest BCUT2D eigenvalue weighted by Gasteiger charge is 2.25. The maximum atomic E-state index is 11.9. The van der Waals surface area contributed by atoms with Gasteiger partial charge in [0.2, 0.25) is 5.91 Å². The van der Waals surface area contributed by atoms with Gasteiger partial charge < -0.3 is 15.2 Å². The van der Waals surface area contributed by atoms with Gasteiger partial charge >= 0.3 is 0 Å². The molecule has 0 bridgehead atoms. The Kier molecular flexibility index (Phi) is 1.82. The van der Waals surface area contributed by atoms with Gasteiger partial charge in [-0.25, -0.2) is 0 Å². The molecule has 1 atom stereocenters. The maximum Gasteiger partial charge on any atom is 0.245 e. The van der Waals surface area contributed by atoms with E-state index in [4.69, 9.17) is 5.73 Å². The molecule has 1 aromatic carbocycles. The predicted octanol–water partition coefficient (Wildman–Crippen LogP) is 0.945. The largest absolute Gasteiger partial charge is 0.344 e. The van der Waals surface area contributed by atoms with Crippen molar-refractivity contribution in [2.45, 2.75) is 12.6 Å². The van der Waals surface area contributed by atoms with Crippen molar-refractivity contribution in [3.63, 3.8) is 0 Å². The van der Waals surface area contributed by atoms with Crippen LogP contribution in [0.2, 0.25) is 0 Å². The van der Waals surface area contributed by atoms with E-state index in [-0.39, 0.29) is 5.91 Å². The average molecular weight is 215 g/mol. The molecular weight excluding hydrogens is 202 g/mol. The summed E-state index contributed by atoms with van der Waals surface area (Å²) in [5.41, 5.74) is 7.89. The van der Waals surface area contributed by atoms with Crippen LogP contribution in [0.25, 0.3) is 10.9 Å². The van der Waals surface area contributed by atoms with Gasteiger partial charge in [-0.05, 0) is 12.1 Å². The van der Waals surface area contributed by atoms with Crippen LogP contribution in [-0.4, -0.2) is 23.6 Å². The normalized spacial score (nSPS) is 20.2. The summed E-state index contributed by atoms with van der Waals surface area (Å²) in [5.74, 6) is -0.0313. The number of para-hydroxylation sites is 1. The lowest BCUT2D eigenvalue weighted by molar-refractivity contribution is -0.119. The number of carbonyl (C=O) groups excluding carboxylic acids is 1. The molecule has 1 unspecified atom stereocenters. The molecule has 1 aliphatic heterocycles. The maximum absolute atomic E-state index is 11.9. The SMILES string of the molecule is CN1C(=O)C(N)Cn2ccc3cccc1c32. The van der Waals surface area contributed by atoms with Crippen LogP contribution in [0.5, 0.6) is 0 Å². The minimum Gasteiger partial charge on any atom is -0.344 e. The number of rotatable bonds is 0. The van der Waals surface area contributed by atoms with E-state index in [0.717, 1.165) is 16.6 Å². The fraction of sp³-hybridized carbons (Fsp3) is 0.250. The quantitative estimate of drug-likeness (QED) is 0.711. The number of hydrogen-bond acceptors (Lipinski definition) is 2. The first-order valence-electron chi connectivity index (χ1n) is 5.29. The highest BCUT2D eigenvalue weighted by Crippen LogP contribution is 2.29. The average Bonchev–Trinajstić information content (AvgIpc) is 2.66. The van der Waals surface area contributed by atoms with Crippen LogP contribution in [0, 0.1) is 0 Å². The number of anilines is 1. The van der Waals surface area contributed by atoms with Crippen LogP contribution < -0.4 is 10.6 Å². The zero-order chi connectivity index (χ0) is 11.3. The molecule has 4 nitrogen and oxygen atoms in total. The van der Waals surface area contributed by atoms with Crippen LogP contribution in [-0.2, 0) is 11.3 Å². The minimum atomic E-state index is -0.465. The first kappa shape index (κ1) is 9.42. The van der Waals surface area contributed by atoms with Crippen molar-refractivity contribution in [2.75, 3.05) is 11.9 Å². The molecule has 0 fully saturated rings. The summed E-state index contributed by atoms with van der Waals surface area (Å²) in [7, 11) is 1.78. The van der Waals surface area contributed by atoms with Gasteiger partial charge in [0.15, 0.2) is 0 Å². The second-order valence-corrected chi connectivity index (χ2v) is 4.19. The second kappa shape index (κ2) is 3.09. The zero-order valence-electron chi connectivity index (χ0n) is 9.05. The summed E-state index contributed by atoms with van der Waals surface area (Å²) in [4.78, 5) is 13.6. The molecule has 2 aromatic rings. The summed E-state index contributed by atoms with van der Waals surface area (Å²) >= 11 is 0. The van der Waals surface area contributed by atoms with E-state index in [1.807, 2.05) is 24.4 Å². The Balaban J connectivity index is 2.35. The van der Waals surface area contributed by atoms with Gasteiger partial charge in [-0.3, -0.25) is 4.79 Å². The predicted molar refractivity (Wildman–Crippen MR) is 63.3 cm³/mol. The molecule has 3 rings (SSSR count). The molecule has 0 saturated carbocycles. The van der Waals surface area contributed by atoms with E-state index in [9.17, 15) is 4.79 Å². The van der Waals surface area contributed by atoms with Crippen LogP contribution in [0.3, 0.4) is 0 Å². The van der Waals surface area contributed by atoms with E-state index in [2.05, 4.69) is 10.6 Å².